The molecular weight excluding hydrogens is 347 g/mol. The van der Waals surface area contributed by atoms with E-state index in [0.29, 0.717) is 22.5 Å². The molecule has 0 heterocycles. The van der Waals surface area contributed by atoms with Gasteiger partial charge in [-0.3, -0.25) is 0 Å². The van der Waals surface area contributed by atoms with Gasteiger partial charge in [-0.25, -0.2) is 0 Å². The van der Waals surface area contributed by atoms with Crippen LogP contribution in [-0.2, 0) is 0 Å². The van der Waals surface area contributed by atoms with Crippen LogP contribution in [0.2, 0.25) is 0 Å². The average molecular weight is 359 g/mol. The molecule has 5 heteroatoms. The van der Waals surface area contributed by atoms with E-state index in [2.05, 4.69) is 0 Å². The SMILES string of the molecule is Nc1ccc([C](=O)[Sn][C](=O)c2ccc(N)cc2)cc1. The van der Waals surface area contributed by atoms with E-state index in [9.17, 15) is 9.59 Å². The van der Waals surface area contributed by atoms with Gasteiger partial charge in [0.2, 0.25) is 0 Å². The van der Waals surface area contributed by atoms with Crippen molar-refractivity contribution >= 4 is 40.1 Å². The summed E-state index contributed by atoms with van der Waals surface area (Å²) >= 11 is -1.83. The van der Waals surface area contributed by atoms with E-state index in [-0.39, 0.29) is 7.60 Å². The van der Waals surface area contributed by atoms with Crippen molar-refractivity contribution in [3.05, 3.63) is 59.7 Å². The second-order valence-electron chi connectivity index (χ2n) is 4.03. The topological polar surface area (TPSA) is 86.2 Å². The van der Waals surface area contributed by atoms with Gasteiger partial charge in [0.15, 0.2) is 0 Å². The summed E-state index contributed by atoms with van der Waals surface area (Å²) in [5, 5.41) is 0. The number of anilines is 2. The van der Waals surface area contributed by atoms with Gasteiger partial charge in [-0.2, -0.15) is 0 Å². The van der Waals surface area contributed by atoms with E-state index in [1.807, 2.05) is 0 Å². The maximum absolute atomic E-state index is 12.0. The Morgan fingerprint density at radius 2 is 1.00 bits per heavy atom. The summed E-state index contributed by atoms with van der Waals surface area (Å²) in [6.45, 7) is 0. The molecule has 94 valence electrons. The van der Waals surface area contributed by atoms with Crippen molar-refractivity contribution in [2.75, 3.05) is 11.5 Å². The molecule has 0 aliphatic rings. The van der Waals surface area contributed by atoms with E-state index < -0.39 is 21.1 Å². The molecule has 0 bridgehead atoms. The van der Waals surface area contributed by atoms with Gasteiger partial charge in [-0.15, -0.1) is 0 Å². The first-order valence-electron chi connectivity index (χ1n) is 5.63. The van der Waals surface area contributed by atoms with Crippen molar-refractivity contribution in [3.8, 4) is 0 Å². The molecule has 19 heavy (non-hydrogen) atoms. The Balaban J connectivity index is 2.08. The first-order valence-corrected chi connectivity index (χ1v) is 8.48. The summed E-state index contributed by atoms with van der Waals surface area (Å²) in [7, 11) is 0. The maximum atomic E-state index is 12.0. The van der Waals surface area contributed by atoms with Gasteiger partial charge in [0.05, 0.1) is 0 Å². The molecular formula is C14H12N2O2Sn. The summed E-state index contributed by atoms with van der Waals surface area (Å²) in [5.41, 5.74) is 13.4. The molecule has 0 aliphatic heterocycles. The van der Waals surface area contributed by atoms with Crippen LogP contribution in [0.15, 0.2) is 48.5 Å². The summed E-state index contributed by atoms with van der Waals surface area (Å²) in [6, 6.07) is 13.3. The molecule has 2 rings (SSSR count). The number of rotatable bonds is 4. The van der Waals surface area contributed by atoms with Crippen molar-refractivity contribution in [2.24, 2.45) is 0 Å². The number of hydrogen-bond acceptors (Lipinski definition) is 4. The standard InChI is InChI=1S/2C7H6NO.Sn/c2*8-7-3-1-6(5-9)2-4-7;/h2*1-4H,8H2;. The minimum atomic E-state index is -1.83. The Morgan fingerprint density at radius 3 is 1.32 bits per heavy atom. The van der Waals surface area contributed by atoms with Crippen LogP contribution in [0.4, 0.5) is 11.4 Å². The van der Waals surface area contributed by atoms with Gasteiger partial charge in [0.25, 0.3) is 0 Å². The minimum absolute atomic E-state index is 0.0505. The van der Waals surface area contributed by atoms with Crippen molar-refractivity contribution in [3.63, 3.8) is 0 Å². The van der Waals surface area contributed by atoms with Gasteiger partial charge in [-0.05, 0) is 0 Å². The van der Waals surface area contributed by atoms with Crippen LogP contribution < -0.4 is 11.5 Å². The quantitative estimate of drug-likeness (QED) is 0.641. The molecule has 0 saturated heterocycles. The molecule has 0 spiro atoms. The van der Waals surface area contributed by atoms with Gasteiger partial charge in [-0.1, -0.05) is 0 Å². The van der Waals surface area contributed by atoms with Crippen molar-refractivity contribution in [2.45, 2.75) is 0 Å². The predicted molar refractivity (Wildman–Crippen MR) is 76.1 cm³/mol. The van der Waals surface area contributed by atoms with Gasteiger partial charge < -0.3 is 0 Å². The molecule has 0 saturated carbocycles. The molecule has 2 aromatic rings. The van der Waals surface area contributed by atoms with Gasteiger partial charge in [0, 0.05) is 0 Å². The van der Waals surface area contributed by atoms with Crippen molar-refractivity contribution in [1.82, 2.24) is 0 Å². The van der Waals surface area contributed by atoms with E-state index in [1.165, 1.54) is 0 Å². The molecule has 0 unspecified atom stereocenters. The van der Waals surface area contributed by atoms with Crippen molar-refractivity contribution < 1.29 is 9.59 Å². The Bertz CT molecular complexity index is 551. The van der Waals surface area contributed by atoms with Crippen molar-refractivity contribution in [1.29, 1.82) is 0 Å². The number of nitrogens with two attached hydrogens (primary N) is 2. The fraction of sp³-hybridized carbons (Fsp3) is 0. The monoisotopic (exact) mass is 360 g/mol. The molecule has 0 amide bonds. The summed E-state index contributed by atoms with van der Waals surface area (Å²) in [5.74, 6) is 0. The fourth-order valence-corrected chi connectivity index (χ4v) is 3.88. The van der Waals surface area contributed by atoms with E-state index >= 15 is 0 Å². The summed E-state index contributed by atoms with van der Waals surface area (Å²) in [4.78, 5) is 24.0. The number of benzene rings is 2. The number of carbonyl (C=O) groups is 2. The fourth-order valence-electron chi connectivity index (χ4n) is 1.52. The average Bonchev–Trinajstić information content (AvgIpc) is 2.40. The molecule has 2 aromatic carbocycles. The Kier molecular flexibility index (Phi) is 4.21. The van der Waals surface area contributed by atoms with Crippen LogP contribution in [0, 0.1) is 0 Å². The molecule has 0 aromatic heterocycles. The number of nitrogen functional groups attached to an aromatic ring is 2. The third-order valence-electron chi connectivity index (χ3n) is 2.57. The Morgan fingerprint density at radius 1 is 0.684 bits per heavy atom. The zero-order valence-electron chi connectivity index (χ0n) is 10.1. The number of carbonyl (C=O) groups excluding carboxylic acids is 2. The van der Waals surface area contributed by atoms with E-state index in [4.69, 9.17) is 11.5 Å². The van der Waals surface area contributed by atoms with Crippen LogP contribution >= 0.6 is 0 Å². The zero-order valence-corrected chi connectivity index (χ0v) is 12.9. The first kappa shape index (κ1) is 13.6. The van der Waals surface area contributed by atoms with E-state index in [0.717, 1.165) is 0 Å². The normalized spacial score (nSPS) is 10.1. The Labute approximate surface area is 121 Å². The predicted octanol–water partition coefficient (Wildman–Crippen LogP) is 1.54. The second kappa shape index (κ2) is 5.88. The molecule has 0 aliphatic carbocycles. The van der Waals surface area contributed by atoms with Gasteiger partial charge >= 0.3 is 121 Å². The van der Waals surface area contributed by atoms with Crippen LogP contribution in [0.25, 0.3) is 0 Å². The molecule has 2 radical (unpaired) electrons. The molecule has 0 fully saturated rings. The number of hydrogen-bond donors (Lipinski definition) is 2. The van der Waals surface area contributed by atoms with Crippen LogP contribution in [0.1, 0.15) is 20.7 Å². The third kappa shape index (κ3) is 3.57. The third-order valence-corrected chi connectivity index (χ3v) is 5.52. The molecule has 4 nitrogen and oxygen atoms in total. The van der Waals surface area contributed by atoms with Crippen LogP contribution in [0.3, 0.4) is 0 Å². The first-order chi connectivity index (χ1) is 9.06. The molecule has 0 atom stereocenters. The second-order valence-corrected chi connectivity index (χ2v) is 7.33. The Hall–Kier alpha value is -1.82. The van der Waals surface area contributed by atoms with Crippen LogP contribution in [-0.4, -0.2) is 28.7 Å². The van der Waals surface area contributed by atoms with Gasteiger partial charge in [0.1, 0.15) is 0 Å². The summed E-state index contributed by atoms with van der Waals surface area (Å²) < 4.78 is -0.101. The summed E-state index contributed by atoms with van der Waals surface area (Å²) in [6.07, 6.45) is 0. The van der Waals surface area contributed by atoms with E-state index in [1.54, 1.807) is 48.5 Å². The molecule has 4 N–H and O–H groups in total. The zero-order chi connectivity index (χ0) is 13.8. The van der Waals surface area contributed by atoms with Crippen LogP contribution in [0.5, 0.6) is 0 Å².